The largest absolute Gasteiger partial charge is 0.311 e. The number of allylic oxidation sites excluding steroid dienone is 1. The van der Waals surface area contributed by atoms with Gasteiger partial charge in [0, 0.05) is 18.5 Å². The van der Waals surface area contributed by atoms with Crippen LogP contribution >= 0.6 is 0 Å². The lowest BCUT2D eigenvalue weighted by atomic mass is 10.1. The first-order valence-corrected chi connectivity index (χ1v) is 6.90. The SMILES string of the molecule is O=C1CC=C(Cc2ccccc2)N1Cc1ccccc1. The first-order chi connectivity index (χ1) is 9.83. The molecule has 0 fully saturated rings. The van der Waals surface area contributed by atoms with E-state index in [1.54, 1.807) is 0 Å². The fourth-order valence-corrected chi connectivity index (χ4v) is 2.51. The van der Waals surface area contributed by atoms with Crippen molar-refractivity contribution in [1.29, 1.82) is 0 Å². The van der Waals surface area contributed by atoms with Gasteiger partial charge in [-0.3, -0.25) is 4.79 Å². The molecule has 0 bridgehead atoms. The minimum Gasteiger partial charge on any atom is -0.311 e. The third-order valence-corrected chi connectivity index (χ3v) is 3.57. The molecule has 20 heavy (non-hydrogen) atoms. The van der Waals surface area contributed by atoms with Crippen LogP contribution in [-0.4, -0.2) is 10.8 Å². The highest BCUT2D eigenvalue weighted by Gasteiger charge is 2.23. The van der Waals surface area contributed by atoms with Crippen LogP contribution in [0.1, 0.15) is 17.5 Å². The number of benzene rings is 2. The van der Waals surface area contributed by atoms with Gasteiger partial charge in [0.05, 0.1) is 6.54 Å². The van der Waals surface area contributed by atoms with Crippen molar-refractivity contribution in [2.75, 3.05) is 0 Å². The molecule has 2 aromatic rings. The Balaban J connectivity index is 1.75. The average molecular weight is 263 g/mol. The zero-order valence-electron chi connectivity index (χ0n) is 11.3. The lowest BCUT2D eigenvalue weighted by Gasteiger charge is -2.21. The molecule has 1 amide bonds. The van der Waals surface area contributed by atoms with Gasteiger partial charge in [-0.2, -0.15) is 0 Å². The molecule has 2 nitrogen and oxygen atoms in total. The maximum absolute atomic E-state index is 12.1. The second-order valence-electron chi connectivity index (χ2n) is 5.03. The standard InChI is InChI=1S/C18H17NO/c20-18-12-11-17(13-15-7-3-1-4-8-15)19(18)14-16-9-5-2-6-10-16/h1-11H,12-14H2. The number of hydrogen-bond donors (Lipinski definition) is 0. The van der Waals surface area contributed by atoms with Crippen molar-refractivity contribution >= 4 is 5.91 Å². The molecule has 1 aliphatic heterocycles. The minimum absolute atomic E-state index is 0.194. The highest BCUT2D eigenvalue weighted by Crippen LogP contribution is 2.23. The number of hydrogen-bond acceptors (Lipinski definition) is 1. The van der Waals surface area contributed by atoms with Crippen LogP contribution in [0.3, 0.4) is 0 Å². The summed E-state index contributed by atoms with van der Waals surface area (Å²) in [5.74, 6) is 0.194. The van der Waals surface area contributed by atoms with Crippen LogP contribution in [0.15, 0.2) is 72.4 Å². The number of amides is 1. The topological polar surface area (TPSA) is 20.3 Å². The molecule has 2 heteroatoms. The van der Waals surface area contributed by atoms with Gasteiger partial charge in [0.25, 0.3) is 0 Å². The molecule has 0 spiro atoms. The van der Waals surface area contributed by atoms with E-state index >= 15 is 0 Å². The average Bonchev–Trinajstić information content (AvgIpc) is 2.83. The monoisotopic (exact) mass is 263 g/mol. The summed E-state index contributed by atoms with van der Waals surface area (Å²) in [6.07, 6.45) is 3.40. The van der Waals surface area contributed by atoms with E-state index in [1.807, 2.05) is 41.3 Å². The van der Waals surface area contributed by atoms with Crippen LogP contribution < -0.4 is 0 Å². The molecule has 0 saturated carbocycles. The predicted molar refractivity (Wildman–Crippen MR) is 79.8 cm³/mol. The number of nitrogens with zero attached hydrogens (tertiary/aromatic N) is 1. The highest BCUT2D eigenvalue weighted by molar-refractivity contribution is 5.82. The summed E-state index contributed by atoms with van der Waals surface area (Å²) in [6.45, 7) is 0.665. The Kier molecular flexibility index (Phi) is 3.64. The van der Waals surface area contributed by atoms with Gasteiger partial charge >= 0.3 is 0 Å². The Morgan fingerprint density at radius 2 is 1.45 bits per heavy atom. The van der Waals surface area contributed by atoms with Crippen molar-refractivity contribution in [2.45, 2.75) is 19.4 Å². The fraction of sp³-hybridized carbons (Fsp3) is 0.167. The fourth-order valence-electron chi connectivity index (χ4n) is 2.51. The van der Waals surface area contributed by atoms with Gasteiger partial charge in [-0.1, -0.05) is 66.7 Å². The maximum Gasteiger partial charge on any atom is 0.230 e. The summed E-state index contributed by atoms with van der Waals surface area (Å²) in [5.41, 5.74) is 3.53. The summed E-state index contributed by atoms with van der Waals surface area (Å²) in [6, 6.07) is 20.4. The van der Waals surface area contributed by atoms with Gasteiger partial charge in [0.2, 0.25) is 5.91 Å². The molecule has 0 N–H and O–H groups in total. The van der Waals surface area contributed by atoms with Crippen LogP contribution in [0, 0.1) is 0 Å². The Hall–Kier alpha value is -2.35. The molecule has 0 aromatic heterocycles. The van der Waals surface area contributed by atoms with E-state index in [0.29, 0.717) is 13.0 Å². The predicted octanol–water partition coefficient (Wildman–Crippen LogP) is 3.55. The van der Waals surface area contributed by atoms with Crippen molar-refractivity contribution < 1.29 is 4.79 Å². The smallest absolute Gasteiger partial charge is 0.230 e. The van der Waals surface area contributed by atoms with E-state index in [2.05, 4.69) is 30.3 Å². The van der Waals surface area contributed by atoms with E-state index in [-0.39, 0.29) is 5.91 Å². The van der Waals surface area contributed by atoms with Gasteiger partial charge in [0.15, 0.2) is 0 Å². The van der Waals surface area contributed by atoms with Crippen molar-refractivity contribution in [3.05, 3.63) is 83.6 Å². The van der Waals surface area contributed by atoms with Crippen LogP contribution in [-0.2, 0) is 17.8 Å². The Morgan fingerprint density at radius 3 is 2.10 bits per heavy atom. The third kappa shape index (κ3) is 2.80. The summed E-state index contributed by atoms with van der Waals surface area (Å²) in [7, 11) is 0. The van der Waals surface area contributed by atoms with Crippen molar-refractivity contribution in [3.8, 4) is 0 Å². The lowest BCUT2D eigenvalue weighted by molar-refractivity contribution is -0.127. The van der Waals surface area contributed by atoms with Gasteiger partial charge in [-0.25, -0.2) is 0 Å². The third-order valence-electron chi connectivity index (χ3n) is 3.57. The minimum atomic E-state index is 0.194. The zero-order valence-corrected chi connectivity index (χ0v) is 11.3. The maximum atomic E-state index is 12.1. The van der Waals surface area contributed by atoms with Crippen molar-refractivity contribution in [3.63, 3.8) is 0 Å². The first kappa shape index (κ1) is 12.7. The molecule has 1 aliphatic rings. The Bertz CT molecular complexity index is 616. The lowest BCUT2D eigenvalue weighted by Crippen LogP contribution is -2.25. The van der Waals surface area contributed by atoms with Crippen molar-refractivity contribution in [2.24, 2.45) is 0 Å². The van der Waals surface area contributed by atoms with Gasteiger partial charge in [-0.05, 0) is 11.1 Å². The number of carbonyl (C=O) groups is 1. The molecule has 100 valence electrons. The highest BCUT2D eigenvalue weighted by atomic mass is 16.2. The molecule has 0 aliphatic carbocycles. The van der Waals surface area contributed by atoms with Crippen LogP contribution in [0.5, 0.6) is 0 Å². The summed E-state index contributed by atoms with van der Waals surface area (Å²) in [5, 5.41) is 0. The summed E-state index contributed by atoms with van der Waals surface area (Å²) in [4.78, 5) is 14.0. The molecule has 0 atom stereocenters. The second kappa shape index (κ2) is 5.74. The second-order valence-corrected chi connectivity index (χ2v) is 5.03. The summed E-state index contributed by atoms with van der Waals surface area (Å²) < 4.78 is 0. The van der Waals surface area contributed by atoms with Crippen LogP contribution in [0.25, 0.3) is 0 Å². The van der Waals surface area contributed by atoms with E-state index < -0.39 is 0 Å². The molecular formula is C18H17NO. The number of carbonyl (C=O) groups excluding carboxylic acids is 1. The quantitative estimate of drug-likeness (QED) is 0.826. The molecule has 2 aromatic carbocycles. The zero-order chi connectivity index (χ0) is 13.8. The number of rotatable bonds is 4. The van der Waals surface area contributed by atoms with Crippen LogP contribution in [0.2, 0.25) is 0 Å². The molecule has 0 radical (unpaired) electrons. The van der Waals surface area contributed by atoms with E-state index in [0.717, 1.165) is 12.1 Å². The van der Waals surface area contributed by atoms with Gasteiger partial charge < -0.3 is 4.90 Å². The normalized spacial score (nSPS) is 14.5. The van der Waals surface area contributed by atoms with E-state index in [9.17, 15) is 4.79 Å². The molecule has 0 saturated heterocycles. The molecule has 1 heterocycles. The molecule has 0 unspecified atom stereocenters. The van der Waals surface area contributed by atoms with Gasteiger partial charge in [0.1, 0.15) is 0 Å². The Morgan fingerprint density at radius 1 is 0.850 bits per heavy atom. The summed E-state index contributed by atoms with van der Waals surface area (Å²) >= 11 is 0. The van der Waals surface area contributed by atoms with E-state index in [1.165, 1.54) is 11.1 Å². The first-order valence-electron chi connectivity index (χ1n) is 6.90. The van der Waals surface area contributed by atoms with Crippen molar-refractivity contribution in [1.82, 2.24) is 4.90 Å². The Labute approximate surface area is 119 Å². The molecular weight excluding hydrogens is 246 g/mol. The van der Waals surface area contributed by atoms with E-state index in [4.69, 9.17) is 0 Å². The molecule has 3 rings (SSSR count). The van der Waals surface area contributed by atoms with Crippen LogP contribution in [0.4, 0.5) is 0 Å². The van der Waals surface area contributed by atoms with Gasteiger partial charge in [-0.15, -0.1) is 0 Å².